The largest absolute Gasteiger partial charge is 0.481 e. The van der Waals surface area contributed by atoms with Crippen LogP contribution in [0.5, 0.6) is 0 Å². The highest BCUT2D eigenvalue weighted by molar-refractivity contribution is 5.71. The Morgan fingerprint density at radius 2 is 2.05 bits per heavy atom. The van der Waals surface area contributed by atoms with Crippen LogP contribution >= 0.6 is 0 Å². The van der Waals surface area contributed by atoms with Crippen molar-refractivity contribution < 1.29 is 9.90 Å². The molecule has 110 valence electrons. The molecule has 4 unspecified atom stereocenters. The minimum Gasteiger partial charge on any atom is -0.481 e. The van der Waals surface area contributed by atoms with Gasteiger partial charge >= 0.3 is 5.97 Å². The van der Waals surface area contributed by atoms with Crippen LogP contribution in [0.15, 0.2) is 0 Å². The van der Waals surface area contributed by atoms with Crippen molar-refractivity contribution in [1.29, 1.82) is 0 Å². The number of carboxylic acid groups (broad SMARTS) is 1. The van der Waals surface area contributed by atoms with Crippen molar-refractivity contribution in [1.82, 2.24) is 4.90 Å². The summed E-state index contributed by atoms with van der Waals surface area (Å²) in [6.45, 7) is 7.90. The fraction of sp³-hybridized carbons (Fsp3) is 0.938. The van der Waals surface area contributed by atoms with Gasteiger partial charge in [-0.2, -0.15) is 0 Å². The van der Waals surface area contributed by atoms with Crippen molar-refractivity contribution in [3.8, 4) is 0 Å². The van der Waals surface area contributed by atoms with E-state index in [9.17, 15) is 9.90 Å². The summed E-state index contributed by atoms with van der Waals surface area (Å²) in [6, 6.07) is 0.883. The van der Waals surface area contributed by atoms with Crippen molar-refractivity contribution in [2.24, 2.45) is 17.8 Å². The van der Waals surface area contributed by atoms with Gasteiger partial charge in [-0.05, 0) is 50.5 Å². The first kappa shape index (κ1) is 14.8. The smallest absolute Gasteiger partial charge is 0.308 e. The number of carboxylic acids is 1. The minimum absolute atomic E-state index is 0.137. The Bertz CT molecular complexity index is 316. The van der Waals surface area contributed by atoms with Crippen LogP contribution in [0.4, 0.5) is 0 Å². The molecule has 2 aliphatic rings. The molecular weight excluding hydrogens is 238 g/mol. The average molecular weight is 267 g/mol. The number of nitrogens with zero attached hydrogens (tertiary/aromatic N) is 1. The summed E-state index contributed by atoms with van der Waals surface area (Å²) in [5.74, 6) is 0.657. The summed E-state index contributed by atoms with van der Waals surface area (Å²) < 4.78 is 0. The van der Waals surface area contributed by atoms with E-state index in [1.54, 1.807) is 0 Å². The second-order valence-corrected chi connectivity index (χ2v) is 6.79. The third-order valence-electron chi connectivity index (χ3n) is 5.36. The molecule has 1 aliphatic heterocycles. The number of hydrogen-bond donors (Lipinski definition) is 1. The second-order valence-electron chi connectivity index (χ2n) is 6.79. The standard InChI is InChI=1S/C16H29NO2/c1-4-12-7-8-13(16(18)19)15(10-12)17-9-5-6-14(17)11(2)3/h11-15H,4-10H2,1-3H3,(H,18,19). The SMILES string of the molecule is CCC1CCC(C(=O)O)C(N2CCCC2C(C)C)C1. The van der Waals surface area contributed by atoms with Crippen molar-refractivity contribution in [3.63, 3.8) is 0 Å². The fourth-order valence-electron chi connectivity index (χ4n) is 4.20. The Balaban J connectivity index is 2.14. The zero-order valence-corrected chi connectivity index (χ0v) is 12.6. The molecule has 1 saturated carbocycles. The Morgan fingerprint density at radius 3 is 2.63 bits per heavy atom. The van der Waals surface area contributed by atoms with E-state index in [2.05, 4.69) is 25.7 Å². The van der Waals surface area contributed by atoms with Gasteiger partial charge in [0.05, 0.1) is 5.92 Å². The van der Waals surface area contributed by atoms with Crippen molar-refractivity contribution in [2.75, 3.05) is 6.54 Å². The van der Waals surface area contributed by atoms with Gasteiger partial charge in [-0.15, -0.1) is 0 Å². The Labute approximate surface area is 117 Å². The lowest BCUT2D eigenvalue weighted by molar-refractivity contribution is -0.146. The molecule has 19 heavy (non-hydrogen) atoms. The highest BCUT2D eigenvalue weighted by Gasteiger charge is 2.42. The highest BCUT2D eigenvalue weighted by Crippen LogP contribution is 2.38. The van der Waals surface area contributed by atoms with Crippen LogP contribution in [-0.4, -0.2) is 34.6 Å². The predicted octanol–water partition coefficient (Wildman–Crippen LogP) is 3.39. The van der Waals surface area contributed by atoms with Crippen LogP contribution in [-0.2, 0) is 4.79 Å². The van der Waals surface area contributed by atoms with E-state index in [0.717, 1.165) is 31.7 Å². The summed E-state index contributed by atoms with van der Waals surface area (Å²) in [6.07, 6.45) is 6.75. The van der Waals surface area contributed by atoms with Gasteiger partial charge in [0.2, 0.25) is 0 Å². The van der Waals surface area contributed by atoms with Crippen molar-refractivity contribution >= 4 is 5.97 Å². The summed E-state index contributed by atoms with van der Waals surface area (Å²) >= 11 is 0. The van der Waals surface area contributed by atoms with Gasteiger partial charge in [-0.3, -0.25) is 9.69 Å². The monoisotopic (exact) mass is 267 g/mol. The molecule has 0 aromatic heterocycles. The summed E-state index contributed by atoms with van der Waals surface area (Å²) in [4.78, 5) is 14.1. The summed E-state index contributed by atoms with van der Waals surface area (Å²) in [5, 5.41) is 9.53. The Hall–Kier alpha value is -0.570. The van der Waals surface area contributed by atoms with E-state index < -0.39 is 5.97 Å². The lowest BCUT2D eigenvalue weighted by atomic mass is 9.76. The number of rotatable bonds is 4. The molecule has 3 nitrogen and oxygen atoms in total. The highest BCUT2D eigenvalue weighted by atomic mass is 16.4. The minimum atomic E-state index is -0.575. The quantitative estimate of drug-likeness (QED) is 0.849. The molecule has 3 heteroatoms. The third-order valence-corrected chi connectivity index (χ3v) is 5.36. The van der Waals surface area contributed by atoms with Gasteiger partial charge in [0.1, 0.15) is 0 Å². The van der Waals surface area contributed by atoms with E-state index in [0.29, 0.717) is 12.0 Å². The maximum absolute atomic E-state index is 11.6. The van der Waals surface area contributed by atoms with Crippen molar-refractivity contribution in [3.05, 3.63) is 0 Å². The normalized spacial score (nSPS) is 36.8. The first-order valence-electron chi connectivity index (χ1n) is 8.03. The van der Waals surface area contributed by atoms with Gasteiger partial charge < -0.3 is 5.11 Å². The Kier molecular flexibility index (Phi) is 4.88. The summed E-state index contributed by atoms with van der Waals surface area (Å²) in [7, 11) is 0. The molecule has 1 heterocycles. The molecule has 0 bridgehead atoms. The van der Waals surface area contributed by atoms with E-state index in [-0.39, 0.29) is 12.0 Å². The van der Waals surface area contributed by atoms with Gasteiger partial charge in [0.15, 0.2) is 0 Å². The molecule has 2 rings (SSSR count). The van der Waals surface area contributed by atoms with Crippen LogP contribution in [0.1, 0.15) is 59.3 Å². The zero-order valence-electron chi connectivity index (χ0n) is 12.6. The topological polar surface area (TPSA) is 40.5 Å². The van der Waals surface area contributed by atoms with Crippen LogP contribution in [0.2, 0.25) is 0 Å². The number of likely N-dealkylation sites (tertiary alicyclic amines) is 1. The molecule has 1 aliphatic carbocycles. The van der Waals surface area contributed by atoms with E-state index in [1.807, 2.05) is 0 Å². The summed E-state index contributed by atoms with van der Waals surface area (Å²) in [5.41, 5.74) is 0. The van der Waals surface area contributed by atoms with Gasteiger partial charge in [-0.25, -0.2) is 0 Å². The van der Waals surface area contributed by atoms with Crippen LogP contribution in [0, 0.1) is 17.8 Å². The third kappa shape index (κ3) is 3.13. The van der Waals surface area contributed by atoms with Crippen LogP contribution in [0.25, 0.3) is 0 Å². The maximum Gasteiger partial charge on any atom is 0.308 e. The number of hydrogen-bond acceptors (Lipinski definition) is 2. The predicted molar refractivity (Wildman–Crippen MR) is 77.1 cm³/mol. The first-order valence-corrected chi connectivity index (χ1v) is 8.03. The second kappa shape index (κ2) is 6.25. The average Bonchev–Trinajstić information content (AvgIpc) is 2.87. The van der Waals surface area contributed by atoms with Crippen LogP contribution in [0.3, 0.4) is 0 Å². The van der Waals surface area contributed by atoms with E-state index in [1.165, 1.54) is 19.3 Å². The van der Waals surface area contributed by atoms with E-state index in [4.69, 9.17) is 0 Å². The molecule has 1 N–H and O–H groups in total. The molecule has 0 aromatic rings. The molecular formula is C16H29NO2. The van der Waals surface area contributed by atoms with Gasteiger partial charge in [-0.1, -0.05) is 27.2 Å². The molecule has 2 fully saturated rings. The number of aliphatic carboxylic acids is 1. The lowest BCUT2D eigenvalue weighted by Crippen LogP contribution is -2.50. The van der Waals surface area contributed by atoms with Gasteiger partial charge in [0, 0.05) is 12.1 Å². The van der Waals surface area contributed by atoms with Gasteiger partial charge in [0.25, 0.3) is 0 Å². The lowest BCUT2D eigenvalue weighted by Gasteiger charge is -2.43. The molecule has 0 aromatic carbocycles. The molecule has 0 amide bonds. The molecule has 0 spiro atoms. The molecule has 4 atom stereocenters. The zero-order chi connectivity index (χ0) is 14.0. The molecule has 0 radical (unpaired) electrons. The fourth-order valence-corrected chi connectivity index (χ4v) is 4.20. The number of carbonyl (C=O) groups is 1. The van der Waals surface area contributed by atoms with Crippen LogP contribution < -0.4 is 0 Å². The van der Waals surface area contributed by atoms with Crippen molar-refractivity contribution in [2.45, 2.75) is 71.4 Å². The maximum atomic E-state index is 11.6. The Morgan fingerprint density at radius 1 is 1.32 bits per heavy atom. The molecule has 1 saturated heterocycles. The van der Waals surface area contributed by atoms with E-state index >= 15 is 0 Å². The first-order chi connectivity index (χ1) is 9.04.